The van der Waals surface area contributed by atoms with Gasteiger partial charge < -0.3 is 5.32 Å². The predicted molar refractivity (Wildman–Crippen MR) is 66.4 cm³/mol. The van der Waals surface area contributed by atoms with E-state index in [4.69, 9.17) is 0 Å². The number of hydrogen-bond acceptors (Lipinski definition) is 3. The number of nitrogens with zero attached hydrogens (tertiary/aromatic N) is 1. The van der Waals surface area contributed by atoms with Gasteiger partial charge in [-0.25, -0.2) is 9.37 Å². The first-order valence-corrected chi connectivity index (χ1v) is 5.98. The third-order valence-corrected chi connectivity index (χ3v) is 3.28. The molecule has 1 N–H and O–H groups in total. The largest absolute Gasteiger partial charge is 0.362 e. The van der Waals surface area contributed by atoms with Gasteiger partial charge in [0.15, 0.2) is 5.13 Å². The first kappa shape index (κ1) is 11.1. The van der Waals surface area contributed by atoms with E-state index < -0.39 is 0 Å². The molecular weight excluding hydrogens is 223 g/mol. The van der Waals surface area contributed by atoms with Crippen LogP contribution in [0.4, 0.5) is 9.52 Å². The average molecular weight is 236 g/mol. The highest BCUT2D eigenvalue weighted by atomic mass is 32.1. The summed E-state index contributed by atoms with van der Waals surface area (Å²) in [7, 11) is 0. The van der Waals surface area contributed by atoms with Crippen LogP contribution in [0.3, 0.4) is 0 Å². The van der Waals surface area contributed by atoms with Gasteiger partial charge in [0.1, 0.15) is 5.82 Å². The minimum absolute atomic E-state index is 0.197. The van der Waals surface area contributed by atoms with Crippen molar-refractivity contribution in [1.29, 1.82) is 0 Å². The van der Waals surface area contributed by atoms with Gasteiger partial charge in [0, 0.05) is 12.7 Å². The molecule has 0 bridgehead atoms. The molecule has 2 nitrogen and oxygen atoms in total. The van der Waals surface area contributed by atoms with Gasteiger partial charge >= 0.3 is 0 Å². The average Bonchev–Trinajstić information content (AvgIpc) is 2.67. The second-order valence-electron chi connectivity index (χ2n) is 3.52. The van der Waals surface area contributed by atoms with Crippen LogP contribution < -0.4 is 5.32 Å². The fourth-order valence-electron chi connectivity index (χ4n) is 1.54. The lowest BCUT2D eigenvalue weighted by atomic mass is 10.1. The molecule has 1 aromatic carbocycles. The summed E-state index contributed by atoms with van der Waals surface area (Å²) in [6.45, 7) is 4.80. The minimum atomic E-state index is -0.197. The molecule has 0 saturated heterocycles. The molecule has 0 radical (unpaired) electrons. The van der Waals surface area contributed by atoms with Crippen LogP contribution in [-0.2, 0) is 0 Å². The second kappa shape index (κ2) is 4.61. The quantitative estimate of drug-likeness (QED) is 0.879. The van der Waals surface area contributed by atoms with Crippen molar-refractivity contribution in [1.82, 2.24) is 4.98 Å². The molecule has 0 aliphatic carbocycles. The van der Waals surface area contributed by atoms with E-state index in [0.717, 1.165) is 27.7 Å². The van der Waals surface area contributed by atoms with Gasteiger partial charge in [0.2, 0.25) is 0 Å². The minimum Gasteiger partial charge on any atom is -0.362 e. The lowest BCUT2D eigenvalue weighted by molar-refractivity contribution is 0.627. The lowest BCUT2D eigenvalue weighted by Gasteiger charge is -2.01. The van der Waals surface area contributed by atoms with Crippen LogP contribution in [0.1, 0.15) is 12.5 Å². The molecule has 4 heteroatoms. The summed E-state index contributed by atoms with van der Waals surface area (Å²) in [4.78, 5) is 5.32. The van der Waals surface area contributed by atoms with Crippen molar-refractivity contribution in [2.75, 3.05) is 11.9 Å². The molecule has 0 spiro atoms. The molecule has 0 atom stereocenters. The van der Waals surface area contributed by atoms with Crippen LogP contribution in [0.2, 0.25) is 0 Å². The Bertz CT molecular complexity index is 494. The number of anilines is 1. The Morgan fingerprint density at radius 2 is 2.25 bits per heavy atom. The van der Waals surface area contributed by atoms with Crippen LogP contribution in [0.25, 0.3) is 10.4 Å². The van der Waals surface area contributed by atoms with E-state index in [-0.39, 0.29) is 5.82 Å². The molecule has 2 aromatic rings. The molecule has 0 amide bonds. The van der Waals surface area contributed by atoms with Crippen molar-refractivity contribution in [2.24, 2.45) is 0 Å². The van der Waals surface area contributed by atoms with Gasteiger partial charge in [-0.3, -0.25) is 0 Å². The Labute approximate surface area is 98.2 Å². The molecule has 0 fully saturated rings. The predicted octanol–water partition coefficient (Wildman–Crippen LogP) is 3.69. The Balaban J connectivity index is 2.35. The number of aromatic nitrogens is 1. The summed E-state index contributed by atoms with van der Waals surface area (Å²) in [6.07, 6.45) is 1.82. The Morgan fingerprint density at radius 3 is 2.94 bits per heavy atom. The van der Waals surface area contributed by atoms with E-state index in [1.807, 2.05) is 20.0 Å². The van der Waals surface area contributed by atoms with E-state index in [0.29, 0.717) is 0 Å². The van der Waals surface area contributed by atoms with E-state index >= 15 is 0 Å². The van der Waals surface area contributed by atoms with Crippen molar-refractivity contribution in [2.45, 2.75) is 13.8 Å². The van der Waals surface area contributed by atoms with Crippen molar-refractivity contribution in [3.05, 3.63) is 35.8 Å². The highest BCUT2D eigenvalue weighted by molar-refractivity contribution is 7.18. The van der Waals surface area contributed by atoms with Gasteiger partial charge in [-0.1, -0.05) is 17.4 Å². The van der Waals surface area contributed by atoms with Gasteiger partial charge in [-0.2, -0.15) is 0 Å². The molecular formula is C12H13FN2S. The van der Waals surface area contributed by atoms with Crippen molar-refractivity contribution in [3.63, 3.8) is 0 Å². The zero-order valence-electron chi connectivity index (χ0n) is 9.25. The van der Waals surface area contributed by atoms with Crippen molar-refractivity contribution < 1.29 is 4.39 Å². The SMILES string of the molecule is CCNc1ncc(-c2ccc(F)cc2C)s1. The smallest absolute Gasteiger partial charge is 0.183 e. The number of hydrogen-bond donors (Lipinski definition) is 1. The standard InChI is InChI=1S/C12H13FN2S/c1-3-14-12-15-7-11(16-12)10-5-4-9(13)6-8(10)2/h4-7H,3H2,1-2H3,(H,14,15). The normalized spacial score (nSPS) is 10.4. The van der Waals surface area contributed by atoms with Crippen LogP contribution in [0.15, 0.2) is 24.4 Å². The number of halogens is 1. The number of aryl methyl sites for hydroxylation is 1. The highest BCUT2D eigenvalue weighted by Gasteiger charge is 2.07. The maximum atomic E-state index is 13.0. The summed E-state index contributed by atoms with van der Waals surface area (Å²) in [5.74, 6) is -0.197. The molecule has 0 unspecified atom stereocenters. The summed E-state index contributed by atoms with van der Waals surface area (Å²) in [5, 5.41) is 4.07. The Morgan fingerprint density at radius 1 is 1.44 bits per heavy atom. The Hall–Kier alpha value is -1.42. The number of thiazole rings is 1. The van der Waals surface area contributed by atoms with Crippen LogP contribution >= 0.6 is 11.3 Å². The summed E-state index contributed by atoms with van der Waals surface area (Å²) in [6, 6.07) is 4.82. The van der Waals surface area contributed by atoms with E-state index in [9.17, 15) is 4.39 Å². The zero-order chi connectivity index (χ0) is 11.5. The highest BCUT2D eigenvalue weighted by Crippen LogP contribution is 2.31. The molecule has 1 heterocycles. The number of nitrogens with one attached hydrogen (secondary N) is 1. The van der Waals surface area contributed by atoms with Crippen LogP contribution in [0, 0.1) is 12.7 Å². The third kappa shape index (κ3) is 2.22. The monoisotopic (exact) mass is 236 g/mol. The van der Waals surface area contributed by atoms with Crippen molar-refractivity contribution >= 4 is 16.5 Å². The number of rotatable bonds is 3. The van der Waals surface area contributed by atoms with E-state index in [2.05, 4.69) is 10.3 Å². The maximum absolute atomic E-state index is 13.0. The molecule has 0 aliphatic heterocycles. The van der Waals surface area contributed by atoms with Gasteiger partial charge in [-0.15, -0.1) is 0 Å². The fourth-order valence-corrected chi connectivity index (χ4v) is 2.51. The maximum Gasteiger partial charge on any atom is 0.183 e. The van der Waals surface area contributed by atoms with Crippen molar-refractivity contribution in [3.8, 4) is 10.4 Å². The van der Waals surface area contributed by atoms with Gasteiger partial charge in [0.05, 0.1) is 4.88 Å². The van der Waals surface area contributed by atoms with E-state index in [1.54, 1.807) is 23.5 Å². The molecule has 0 aliphatic rings. The summed E-state index contributed by atoms with van der Waals surface area (Å²) < 4.78 is 13.0. The third-order valence-electron chi connectivity index (χ3n) is 2.29. The first-order chi connectivity index (χ1) is 7.70. The van der Waals surface area contributed by atoms with Gasteiger partial charge in [-0.05, 0) is 37.1 Å². The van der Waals surface area contributed by atoms with Crippen LogP contribution in [-0.4, -0.2) is 11.5 Å². The number of benzene rings is 1. The molecule has 2 rings (SSSR count). The molecule has 1 aromatic heterocycles. The Kier molecular flexibility index (Phi) is 3.19. The first-order valence-electron chi connectivity index (χ1n) is 5.17. The molecule has 84 valence electrons. The summed E-state index contributed by atoms with van der Waals surface area (Å²) >= 11 is 1.59. The second-order valence-corrected chi connectivity index (χ2v) is 4.55. The van der Waals surface area contributed by atoms with Crippen LogP contribution in [0.5, 0.6) is 0 Å². The fraction of sp³-hybridized carbons (Fsp3) is 0.250. The summed E-state index contributed by atoms with van der Waals surface area (Å²) in [5.41, 5.74) is 1.98. The topological polar surface area (TPSA) is 24.9 Å². The van der Waals surface area contributed by atoms with E-state index in [1.165, 1.54) is 6.07 Å². The van der Waals surface area contributed by atoms with Gasteiger partial charge in [0.25, 0.3) is 0 Å². The lowest BCUT2D eigenvalue weighted by Crippen LogP contribution is -1.94. The zero-order valence-corrected chi connectivity index (χ0v) is 10.1. The molecule has 16 heavy (non-hydrogen) atoms. The molecule has 0 saturated carbocycles.